The van der Waals surface area contributed by atoms with Gasteiger partial charge in [-0.25, -0.2) is 12.8 Å². The highest BCUT2D eigenvalue weighted by atomic mass is 32.2. The predicted octanol–water partition coefficient (Wildman–Crippen LogP) is 2.65. The summed E-state index contributed by atoms with van der Waals surface area (Å²) >= 11 is 0. The molecule has 0 spiro atoms. The highest BCUT2D eigenvalue weighted by molar-refractivity contribution is 7.89. The zero-order valence-corrected chi connectivity index (χ0v) is 13.8. The van der Waals surface area contributed by atoms with E-state index < -0.39 is 21.7 Å². The molecule has 0 aliphatic rings. The molecule has 0 bridgehead atoms. The fraction of sp³-hybridized carbons (Fsp3) is 0.0588. The summed E-state index contributed by atoms with van der Waals surface area (Å²) in [5, 5.41) is 2.58. The van der Waals surface area contributed by atoms with Gasteiger partial charge in [0.25, 0.3) is 5.91 Å². The van der Waals surface area contributed by atoms with Crippen molar-refractivity contribution in [2.75, 3.05) is 5.32 Å². The predicted molar refractivity (Wildman–Crippen MR) is 91.0 cm³/mol. The van der Waals surface area contributed by atoms with E-state index in [2.05, 4.69) is 10.3 Å². The van der Waals surface area contributed by atoms with Crippen molar-refractivity contribution < 1.29 is 17.6 Å². The Hall–Kier alpha value is -3.00. The molecule has 6 nitrogen and oxygen atoms in total. The second-order valence-electron chi connectivity index (χ2n) is 5.29. The lowest BCUT2D eigenvalue weighted by atomic mass is 10.2. The quantitative estimate of drug-likeness (QED) is 0.759. The lowest BCUT2D eigenvalue weighted by molar-refractivity contribution is 0.102. The Balaban J connectivity index is 1.75. The molecule has 1 amide bonds. The Kier molecular flexibility index (Phi) is 4.62. The highest BCUT2D eigenvalue weighted by Gasteiger charge is 2.16. The first-order valence-corrected chi connectivity index (χ1v) is 8.93. The van der Waals surface area contributed by atoms with Crippen LogP contribution in [0.15, 0.2) is 67.1 Å². The van der Waals surface area contributed by atoms with Crippen molar-refractivity contribution in [3.05, 3.63) is 84.2 Å². The van der Waals surface area contributed by atoms with Crippen LogP contribution in [0.3, 0.4) is 0 Å². The maximum absolute atomic E-state index is 13.2. The van der Waals surface area contributed by atoms with E-state index >= 15 is 0 Å². The van der Waals surface area contributed by atoms with E-state index in [0.717, 1.165) is 3.97 Å². The van der Waals surface area contributed by atoms with Crippen LogP contribution in [0.1, 0.15) is 16.1 Å². The number of anilines is 1. The summed E-state index contributed by atoms with van der Waals surface area (Å²) in [5.41, 5.74) is 0.879. The minimum Gasteiger partial charge on any atom is -0.319 e. The Morgan fingerprint density at radius 1 is 1.16 bits per heavy atom. The Bertz CT molecular complexity index is 1000. The smallest absolute Gasteiger partial charge is 0.274 e. The van der Waals surface area contributed by atoms with Crippen molar-refractivity contribution in [1.82, 2.24) is 8.96 Å². The lowest BCUT2D eigenvalue weighted by Crippen LogP contribution is -2.15. The number of pyridine rings is 1. The number of halogens is 1. The van der Waals surface area contributed by atoms with Gasteiger partial charge in [0.2, 0.25) is 10.0 Å². The average Bonchev–Trinajstić information content (AvgIpc) is 3.05. The van der Waals surface area contributed by atoms with Gasteiger partial charge in [0.15, 0.2) is 0 Å². The number of nitrogens with zero attached hydrogens (tertiary/aromatic N) is 2. The Labute approximate surface area is 144 Å². The molecule has 3 aromatic rings. The van der Waals surface area contributed by atoms with E-state index in [-0.39, 0.29) is 11.4 Å². The maximum atomic E-state index is 13.2. The number of hydrogen-bond acceptors (Lipinski definition) is 4. The van der Waals surface area contributed by atoms with E-state index in [1.165, 1.54) is 48.9 Å². The second-order valence-corrected chi connectivity index (χ2v) is 7.16. The van der Waals surface area contributed by atoms with Crippen LogP contribution in [-0.4, -0.2) is 23.3 Å². The molecule has 1 aromatic carbocycles. The number of nitrogens with one attached hydrogen (secondary N) is 1. The molecule has 0 atom stereocenters. The summed E-state index contributed by atoms with van der Waals surface area (Å²) in [7, 11) is -3.73. The van der Waals surface area contributed by atoms with Gasteiger partial charge in [-0.1, -0.05) is 18.2 Å². The van der Waals surface area contributed by atoms with Crippen LogP contribution in [-0.2, 0) is 15.8 Å². The van der Waals surface area contributed by atoms with E-state index in [9.17, 15) is 17.6 Å². The minimum atomic E-state index is -3.73. The summed E-state index contributed by atoms with van der Waals surface area (Å²) in [5.74, 6) is -1.29. The molecule has 0 fully saturated rings. The van der Waals surface area contributed by atoms with Crippen LogP contribution in [0.5, 0.6) is 0 Å². The van der Waals surface area contributed by atoms with Crippen LogP contribution < -0.4 is 5.32 Å². The molecular weight excluding hydrogens is 345 g/mol. The van der Waals surface area contributed by atoms with Crippen molar-refractivity contribution in [2.24, 2.45) is 0 Å². The first kappa shape index (κ1) is 16.8. The molecule has 2 heterocycles. The third kappa shape index (κ3) is 4.10. The first-order chi connectivity index (χ1) is 11.9. The van der Waals surface area contributed by atoms with E-state index in [1.54, 1.807) is 18.2 Å². The third-order valence-electron chi connectivity index (χ3n) is 3.38. The van der Waals surface area contributed by atoms with Gasteiger partial charge in [-0.3, -0.25) is 13.8 Å². The van der Waals surface area contributed by atoms with Gasteiger partial charge < -0.3 is 5.32 Å². The molecule has 0 radical (unpaired) electrons. The average molecular weight is 359 g/mol. The van der Waals surface area contributed by atoms with Gasteiger partial charge in [-0.2, -0.15) is 0 Å². The molecule has 8 heteroatoms. The van der Waals surface area contributed by atoms with Crippen molar-refractivity contribution in [3.8, 4) is 0 Å². The largest absolute Gasteiger partial charge is 0.319 e. The SMILES string of the molecule is O=C(Nc1ccn(S(=O)(=O)Cc2cccc(F)c2)c1)c1ccccn1. The maximum Gasteiger partial charge on any atom is 0.274 e. The van der Waals surface area contributed by atoms with Gasteiger partial charge in [0.05, 0.1) is 11.4 Å². The third-order valence-corrected chi connectivity index (χ3v) is 4.95. The summed E-state index contributed by atoms with van der Waals surface area (Å²) in [6.07, 6.45) is 4.10. The van der Waals surface area contributed by atoms with E-state index in [1.807, 2.05) is 0 Å². The van der Waals surface area contributed by atoms with Crippen LogP contribution in [0.2, 0.25) is 0 Å². The zero-order chi connectivity index (χ0) is 17.9. The Morgan fingerprint density at radius 2 is 2.00 bits per heavy atom. The lowest BCUT2D eigenvalue weighted by Gasteiger charge is -2.06. The number of rotatable bonds is 5. The van der Waals surface area contributed by atoms with E-state index in [4.69, 9.17) is 0 Å². The molecule has 0 unspecified atom stereocenters. The molecule has 2 aromatic heterocycles. The van der Waals surface area contributed by atoms with Gasteiger partial charge in [0, 0.05) is 18.6 Å². The van der Waals surface area contributed by atoms with Gasteiger partial charge in [-0.05, 0) is 35.9 Å². The summed E-state index contributed by atoms with van der Waals surface area (Å²) in [6.45, 7) is 0. The summed E-state index contributed by atoms with van der Waals surface area (Å²) < 4.78 is 39.0. The monoisotopic (exact) mass is 359 g/mol. The van der Waals surface area contributed by atoms with Crippen LogP contribution in [0.4, 0.5) is 10.1 Å². The fourth-order valence-corrected chi connectivity index (χ4v) is 3.50. The number of benzene rings is 1. The summed E-state index contributed by atoms with van der Waals surface area (Å²) in [4.78, 5) is 15.9. The molecule has 0 aliphatic carbocycles. The number of hydrogen-bond donors (Lipinski definition) is 1. The number of amides is 1. The molecular formula is C17H14FN3O3S. The Morgan fingerprint density at radius 3 is 2.72 bits per heavy atom. The van der Waals surface area contributed by atoms with Gasteiger partial charge in [-0.15, -0.1) is 0 Å². The first-order valence-electron chi connectivity index (χ1n) is 7.32. The zero-order valence-electron chi connectivity index (χ0n) is 13.0. The molecule has 0 aliphatic heterocycles. The molecule has 128 valence electrons. The van der Waals surface area contributed by atoms with Gasteiger partial charge >= 0.3 is 0 Å². The van der Waals surface area contributed by atoms with Crippen LogP contribution in [0.25, 0.3) is 0 Å². The molecule has 3 rings (SSSR count). The van der Waals surface area contributed by atoms with E-state index in [0.29, 0.717) is 11.3 Å². The van der Waals surface area contributed by atoms with Crippen molar-refractivity contribution in [3.63, 3.8) is 0 Å². The van der Waals surface area contributed by atoms with Crippen LogP contribution >= 0.6 is 0 Å². The number of aromatic nitrogens is 2. The molecule has 0 saturated heterocycles. The van der Waals surface area contributed by atoms with Crippen molar-refractivity contribution >= 4 is 21.6 Å². The second kappa shape index (κ2) is 6.86. The topological polar surface area (TPSA) is 81.1 Å². The fourth-order valence-electron chi connectivity index (χ4n) is 2.23. The standard InChI is InChI=1S/C17H14FN3O3S/c18-14-5-3-4-13(10-14)12-25(23,24)21-9-7-15(11-21)20-17(22)16-6-1-2-8-19-16/h1-11H,12H2,(H,20,22). The normalized spacial score (nSPS) is 11.2. The van der Waals surface area contributed by atoms with Crippen molar-refractivity contribution in [2.45, 2.75) is 5.75 Å². The highest BCUT2D eigenvalue weighted by Crippen LogP contribution is 2.15. The molecule has 25 heavy (non-hydrogen) atoms. The number of carbonyl (C=O) groups excluding carboxylic acids is 1. The number of carbonyl (C=O) groups is 1. The van der Waals surface area contributed by atoms with Crippen LogP contribution in [0, 0.1) is 5.82 Å². The minimum absolute atomic E-state index is 0.220. The van der Waals surface area contributed by atoms with Gasteiger partial charge in [0.1, 0.15) is 11.5 Å². The van der Waals surface area contributed by atoms with Crippen molar-refractivity contribution in [1.29, 1.82) is 0 Å². The molecule has 0 saturated carbocycles. The summed E-state index contributed by atoms with van der Waals surface area (Å²) in [6, 6.07) is 11.8. The molecule has 1 N–H and O–H groups in total.